The van der Waals surface area contributed by atoms with Crippen LogP contribution in [0.4, 0.5) is 5.69 Å². The van der Waals surface area contributed by atoms with Gasteiger partial charge in [-0.1, -0.05) is 54.6 Å². The van der Waals surface area contributed by atoms with Gasteiger partial charge >= 0.3 is 0 Å². The molecule has 0 radical (unpaired) electrons. The van der Waals surface area contributed by atoms with Crippen molar-refractivity contribution >= 4 is 23.5 Å². The van der Waals surface area contributed by atoms with Crippen LogP contribution in [0.2, 0.25) is 0 Å². The average molecular weight is 446 g/mol. The highest BCUT2D eigenvalue weighted by atomic mass is 16.5. The molecule has 33 heavy (non-hydrogen) atoms. The molecule has 3 aromatic rings. The second kappa shape index (κ2) is 11.3. The Kier molecular flexibility index (Phi) is 8.02. The van der Waals surface area contributed by atoms with Crippen LogP contribution in [0, 0.1) is 0 Å². The highest BCUT2D eigenvalue weighted by molar-refractivity contribution is 5.88. The second-order valence-electron chi connectivity index (χ2n) is 7.40. The van der Waals surface area contributed by atoms with E-state index in [1.807, 2.05) is 42.5 Å². The number of rotatable bonds is 9. The van der Waals surface area contributed by atoms with Crippen LogP contribution in [0.3, 0.4) is 0 Å². The number of nitrogens with zero attached hydrogens (tertiary/aromatic N) is 1. The van der Waals surface area contributed by atoms with Crippen molar-refractivity contribution in [2.45, 2.75) is 26.1 Å². The first-order chi connectivity index (χ1) is 15.9. The molecule has 0 saturated heterocycles. The van der Waals surface area contributed by atoms with Gasteiger partial charge in [0.15, 0.2) is 5.96 Å². The highest BCUT2D eigenvalue weighted by Gasteiger charge is 2.21. The molecule has 2 amide bonds. The molecule has 6 N–H and O–H groups in total. The smallest absolute Gasteiger partial charge is 0.247 e. The Balaban J connectivity index is 1.62. The van der Waals surface area contributed by atoms with Crippen LogP contribution in [0.1, 0.15) is 29.7 Å². The third-order valence-electron chi connectivity index (χ3n) is 4.73. The lowest BCUT2D eigenvalue weighted by atomic mass is 10.1. The van der Waals surface area contributed by atoms with E-state index in [4.69, 9.17) is 16.2 Å². The van der Waals surface area contributed by atoms with Crippen molar-refractivity contribution < 1.29 is 14.3 Å². The molecule has 8 nitrogen and oxygen atoms in total. The Morgan fingerprint density at radius 1 is 0.909 bits per heavy atom. The fourth-order valence-electron chi connectivity index (χ4n) is 3.13. The van der Waals surface area contributed by atoms with Gasteiger partial charge in [0.2, 0.25) is 11.8 Å². The summed E-state index contributed by atoms with van der Waals surface area (Å²) in [5.41, 5.74) is 13.9. The summed E-state index contributed by atoms with van der Waals surface area (Å²) in [6, 6.07) is 23.2. The third kappa shape index (κ3) is 7.39. The average Bonchev–Trinajstić information content (AvgIpc) is 2.81. The van der Waals surface area contributed by atoms with Gasteiger partial charge < -0.3 is 26.8 Å². The van der Waals surface area contributed by atoms with E-state index in [0.717, 1.165) is 11.1 Å². The monoisotopic (exact) mass is 445 g/mol. The molecule has 0 aliphatic heterocycles. The van der Waals surface area contributed by atoms with Crippen LogP contribution in [0.25, 0.3) is 0 Å². The van der Waals surface area contributed by atoms with Crippen molar-refractivity contribution in [3.63, 3.8) is 0 Å². The van der Waals surface area contributed by atoms with E-state index in [1.54, 1.807) is 36.4 Å². The maximum atomic E-state index is 12.8. The lowest BCUT2D eigenvalue weighted by Crippen LogP contribution is -2.39. The summed E-state index contributed by atoms with van der Waals surface area (Å²) < 4.78 is 5.79. The summed E-state index contributed by atoms with van der Waals surface area (Å²) in [6.07, 6.45) is 0. The molecule has 0 aromatic heterocycles. The van der Waals surface area contributed by atoms with Crippen LogP contribution in [0.15, 0.2) is 83.9 Å². The van der Waals surface area contributed by atoms with E-state index in [1.165, 1.54) is 6.92 Å². The number of nitrogens with two attached hydrogens (primary N) is 2. The van der Waals surface area contributed by atoms with Crippen molar-refractivity contribution in [1.82, 2.24) is 10.6 Å². The molecule has 0 aliphatic carbocycles. The first-order valence-electron chi connectivity index (χ1n) is 10.4. The molecule has 0 fully saturated rings. The molecule has 0 saturated carbocycles. The maximum absolute atomic E-state index is 12.8. The van der Waals surface area contributed by atoms with Crippen LogP contribution in [-0.4, -0.2) is 17.8 Å². The normalized spacial score (nSPS) is 11.2. The Bertz CT molecular complexity index is 1090. The Hall–Kier alpha value is -4.33. The molecule has 170 valence electrons. The van der Waals surface area contributed by atoms with E-state index in [2.05, 4.69) is 15.6 Å². The number of carbonyl (C=O) groups is 2. The zero-order valence-corrected chi connectivity index (χ0v) is 18.3. The molecule has 0 unspecified atom stereocenters. The quantitative estimate of drug-likeness (QED) is 0.297. The number of guanidine groups is 1. The number of benzene rings is 3. The number of hydrogen-bond acceptors (Lipinski definition) is 4. The topological polar surface area (TPSA) is 132 Å². The van der Waals surface area contributed by atoms with Crippen LogP contribution >= 0.6 is 0 Å². The number of amides is 2. The summed E-state index contributed by atoms with van der Waals surface area (Å²) in [7, 11) is 0. The van der Waals surface area contributed by atoms with Gasteiger partial charge in [-0.15, -0.1) is 0 Å². The van der Waals surface area contributed by atoms with E-state index >= 15 is 0 Å². The van der Waals surface area contributed by atoms with Crippen LogP contribution < -0.4 is 26.8 Å². The molecule has 0 aliphatic rings. The fourth-order valence-corrected chi connectivity index (χ4v) is 3.13. The first-order valence-corrected chi connectivity index (χ1v) is 10.4. The maximum Gasteiger partial charge on any atom is 0.247 e. The molecule has 0 bridgehead atoms. The van der Waals surface area contributed by atoms with Crippen molar-refractivity contribution in [3.05, 3.63) is 95.6 Å². The van der Waals surface area contributed by atoms with Crippen LogP contribution in [-0.2, 0) is 22.7 Å². The van der Waals surface area contributed by atoms with E-state index in [0.29, 0.717) is 23.6 Å². The number of aliphatic imine (C=N–C) groups is 1. The number of hydrogen-bond donors (Lipinski definition) is 4. The van der Waals surface area contributed by atoms with Crippen molar-refractivity contribution in [1.29, 1.82) is 0 Å². The van der Waals surface area contributed by atoms with Gasteiger partial charge in [-0.05, 0) is 41.0 Å². The zero-order chi connectivity index (χ0) is 23.6. The zero-order valence-electron chi connectivity index (χ0n) is 18.3. The second-order valence-corrected chi connectivity index (χ2v) is 7.40. The molecule has 1 atom stereocenters. The minimum absolute atomic E-state index is 0.0225. The summed E-state index contributed by atoms with van der Waals surface area (Å²) in [5.74, 6) is 0.0220. The van der Waals surface area contributed by atoms with Gasteiger partial charge in [0.05, 0.1) is 5.69 Å². The minimum Gasteiger partial charge on any atom is -0.489 e. The summed E-state index contributed by atoms with van der Waals surface area (Å²) >= 11 is 0. The lowest BCUT2D eigenvalue weighted by molar-refractivity contribution is -0.128. The van der Waals surface area contributed by atoms with Gasteiger partial charge in [0, 0.05) is 13.5 Å². The molecule has 0 heterocycles. The van der Waals surface area contributed by atoms with Crippen molar-refractivity contribution in [3.8, 4) is 5.75 Å². The fraction of sp³-hybridized carbons (Fsp3) is 0.160. The molecule has 3 aromatic carbocycles. The van der Waals surface area contributed by atoms with Gasteiger partial charge in [-0.3, -0.25) is 9.59 Å². The third-order valence-corrected chi connectivity index (χ3v) is 4.73. The number of nitrogens with one attached hydrogen (secondary N) is 2. The van der Waals surface area contributed by atoms with E-state index in [9.17, 15) is 9.59 Å². The predicted octanol–water partition coefficient (Wildman–Crippen LogP) is 2.66. The molecular formula is C25H27N5O3. The van der Waals surface area contributed by atoms with Gasteiger partial charge in [0.25, 0.3) is 0 Å². The highest BCUT2D eigenvalue weighted by Crippen LogP contribution is 2.20. The molecule has 0 spiro atoms. The Morgan fingerprint density at radius 3 is 2.18 bits per heavy atom. The number of ether oxygens (including phenoxy) is 1. The Labute approximate surface area is 192 Å². The summed E-state index contributed by atoms with van der Waals surface area (Å²) in [5, 5.41) is 5.56. The SMILES string of the molecule is CC(=O)N[C@H](C(=O)NCc1ccc(N=C(N)N)cc1)c1ccc(OCc2ccccc2)cc1. The lowest BCUT2D eigenvalue weighted by Gasteiger charge is -2.18. The predicted molar refractivity (Wildman–Crippen MR) is 128 cm³/mol. The Morgan fingerprint density at radius 2 is 1.58 bits per heavy atom. The molecule has 8 heteroatoms. The summed E-state index contributed by atoms with van der Waals surface area (Å²) in [4.78, 5) is 28.5. The largest absolute Gasteiger partial charge is 0.489 e. The standard InChI is InChI=1S/C25H27N5O3/c1-17(31)29-23(24(32)28-15-18-7-11-21(12-8-18)30-25(26)27)20-9-13-22(14-10-20)33-16-19-5-3-2-4-6-19/h2-14,23H,15-16H2,1H3,(H,28,32)(H,29,31)(H4,26,27,30)/t23-/m0/s1. The van der Waals surface area contributed by atoms with Crippen LogP contribution in [0.5, 0.6) is 5.75 Å². The van der Waals surface area contributed by atoms with Gasteiger partial charge in [-0.25, -0.2) is 4.99 Å². The van der Waals surface area contributed by atoms with Crippen molar-refractivity contribution in [2.24, 2.45) is 16.5 Å². The molecular weight excluding hydrogens is 418 g/mol. The van der Waals surface area contributed by atoms with Gasteiger partial charge in [-0.2, -0.15) is 0 Å². The van der Waals surface area contributed by atoms with E-state index in [-0.39, 0.29) is 24.3 Å². The number of carbonyl (C=O) groups excluding carboxylic acids is 2. The first kappa shape index (κ1) is 23.3. The minimum atomic E-state index is -0.827. The van der Waals surface area contributed by atoms with Crippen molar-refractivity contribution in [2.75, 3.05) is 0 Å². The summed E-state index contributed by atoms with van der Waals surface area (Å²) in [6.45, 7) is 2.10. The van der Waals surface area contributed by atoms with E-state index < -0.39 is 6.04 Å². The van der Waals surface area contributed by atoms with Gasteiger partial charge in [0.1, 0.15) is 18.4 Å². The molecule has 3 rings (SSSR count).